The number of hydrogen-bond acceptors (Lipinski definition) is 4. The lowest BCUT2D eigenvalue weighted by molar-refractivity contribution is -0.146. The molecule has 22 heavy (non-hydrogen) atoms. The summed E-state index contributed by atoms with van der Waals surface area (Å²) < 4.78 is 11.1. The molecule has 0 bridgehead atoms. The van der Waals surface area contributed by atoms with Crippen LogP contribution < -0.4 is 15.4 Å². The Morgan fingerprint density at radius 2 is 2.14 bits per heavy atom. The highest BCUT2D eigenvalue weighted by Crippen LogP contribution is 2.23. The van der Waals surface area contributed by atoms with Gasteiger partial charge in [-0.3, -0.25) is 4.79 Å². The minimum absolute atomic E-state index is 0.0602. The molecule has 2 N–H and O–H groups in total. The number of rotatable bonds is 7. The van der Waals surface area contributed by atoms with E-state index in [2.05, 4.69) is 17.2 Å². The fraction of sp³-hybridized carbons (Fsp3) is 0.471. The molecule has 2 rings (SSSR count). The van der Waals surface area contributed by atoms with E-state index in [9.17, 15) is 4.79 Å². The third kappa shape index (κ3) is 3.87. The smallest absolute Gasteiger partial charge is 0.252 e. The predicted molar refractivity (Wildman–Crippen MR) is 85.8 cm³/mol. The molecule has 1 fully saturated rings. The zero-order valence-electron chi connectivity index (χ0n) is 13.1. The van der Waals surface area contributed by atoms with Crippen LogP contribution in [0.25, 0.3) is 0 Å². The summed E-state index contributed by atoms with van der Waals surface area (Å²) >= 11 is 0. The summed E-state index contributed by atoms with van der Waals surface area (Å²) in [5, 5.41) is 6.23. The van der Waals surface area contributed by atoms with E-state index in [4.69, 9.17) is 9.47 Å². The Hall–Kier alpha value is -1.85. The predicted octanol–water partition coefficient (Wildman–Crippen LogP) is 1.64. The maximum absolute atomic E-state index is 12.5. The molecule has 0 saturated carbocycles. The van der Waals surface area contributed by atoms with Crippen LogP contribution in [0.3, 0.4) is 0 Å². The molecule has 0 spiro atoms. The molecule has 1 saturated heterocycles. The molecule has 0 atom stereocenters. The van der Waals surface area contributed by atoms with E-state index < -0.39 is 5.60 Å². The van der Waals surface area contributed by atoms with Crippen LogP contribution in [0, 0.1) is 0 Å². The van der Waals surface area contributed by atoms with Crippen molar-refractivity contribution >= 4 is 5.91 Å². The number of benzene rings is 1. The molecule has 0 aromatic heterocycles. The number of nitrogens with one attached hydrogen (secondary N) is 2. The van der Waals surface area contributed by atoms with Gasteiger partial charge in [0.15, 0.2) is 0 Å². The minimum atomic E-state index is -0.720. The first-order valence-electron chi connectivity index (χ1n) is 7.57. The van der Waals surface area contributed by atoms with E-state index in [1.807, 2.05) is 24.3 Å². The Morgan fingerprint density at radius 1 is 1.41 bits per heavy atom. The van der Waals surface area contributed by atoms with Gasteiger partial charge in [-0.25, -0.2) is 0 Å². The lowest BCUT2D eigenvalue weighted by Crippen LogP contribution is -2.53. The van der Waals surface area contributed by atoms with Crippen LogP contribution in [0.15, 0.2) is 36.9 Å². The maximum Gasteiger partial charge on any atom is 0.252 e. The number of methoxy groups -OCH3 is 1. The molecule has 1 aliphatic rings. The number of para-hydroxylation sites is 1. The molecule has 0 unspecified atom stereocenters. The Labute approximate surface area is 131 Å². The number of carbonyl (C=O) groups excluding carboxylic acids is 1. The second kappa shape index (κ2) is 7.96. The van der Waals surface area contributed by atoms with Crippen LogP contribution in [-0.4, -0.2) is 38.3 Å². The van der Waals surface area contributed by atoms with Crippen molar-refractivity contribution in [3.8, 4) is 5.75 Å². The fourth-order valence-corrected chi connectivity index (χ4v) is 2.63. The van der Waals surface area contributed by atoms with Crippen LogP contribution in [0.1, 0.15) is 18.4 Å². The van der Waals surface area contributed by atoms with E-state index in [0.29, 0.717) is 26.0 Å². The molecule has 1 heterocycles. The summed E-state index contributed by atoms with van der Waals surface area (Å²) in [6, 6.07) is 7.67. The van der Waals surface area contributed by atoms with E-state index in [1.54, 1.807) is 13.2 Å². The molecule has 1 aromatic carbocycles. The standard InChI is InChI=1S/C17H24N2O3/c1-3-12-22-15-7-5-4-6-14(15)13-19-16(20)17(21-2)8-10-18-11-9-17/h3-7,18H,1,8-13H2,2H3,(H,19,20). The van der Waals surface area contributed by atoms with Gasteiger partial charge in [0.05, 0.1) is 0 Å². The van der Waals surface area contributed by atoms with Crippen molar-refractivity contribution in [1.82, 2.24) is 10.6 Å². The highest BCUT2D eigenvalue weighted by molar-refractivity contribution is 5.85. The van der Waals surface area contributed by atoms with Crippen LogP contribution in [0.2, 0.25) is 0 Å². The molecule has 1 amide bonds. The van der Waals surface area contributed by atoms with Crippen molar-refractivity contribution in [2.24, 2.45) is 0 Å². The molecular weight excluding hydrogens is 280 g/mol. The number of amides is 1. The van der Waals surface area contributed by atoms with Gasteiger partial charge in [-0.15, -0.1) is 0 Å². The van der Waals surface area contributed by atoms with Crippen LogP contribution in [0.5, 0.6) is 5.75 Å². The minimum Gasteiger partial charge on any atom is -0.489 e. The first-order chi connectivity index (χ1) is 10.7. The van der Waals surface area contributed by atoms with Gasteiger partial charge in [0.2, 0.25) is 0 Å². The summed E-state index contributed by atoms with van der Waals surface area (Å²) in [6.07, 6.45) is 3.07. The number of carbonyl (C=O) groups is 1. The van der Waals surface area contributed by atoms with Gasteiger partial charge in [0, 0.05) is 19.2 Å². The number of piperidine rings is 1. The van der Waals surface area contributed by atoms with Gasteiger partial charge in [0.1, 0.15) is 18.0 Å². The Kier molecular flexibility index (Phi) is 5.98. The van der Waals surface area contributed by atoms with Crippen molar-refractivity contribution in [2.75, 3.05) is 26.8 Å². The highest BCUT2D eigenvalue weighted by atomic mass is 16.5. The zero-order chi connectivity index (χ0) is 15.8. The zero-order valence-corrected chi connectivity index (χ0v) is 13.1. The maximum atomic E-state index is 12.5. The van der Waals surface area contributed by atoms with Crippen molar-refractivity contribution in [1.29, 1.82) is 0 Å². The number of ether oxygens (including phenoxy) is 2. The van der Waals surface area contributed by atoms with Gasteiger partial charge >= 0.3 is 0 Å². The monoisotopic (exact) mass is 304 g/mol. The Bertz CT molecular complexity index is 510. The third-order valence-corrected chi connectivity index (χ3v) is 3.98. The van der Waals surface area contributed by atoms with Crippen molar-refractivity contribution < 1.29 is 14.3 Å². The molecular formula is C17H24N2O3. The molecule has 5 heteroatoms. The summed E-state index contributed by atoms with van der Waals surface area (Å²) in [5.74, 6) is 0.703. The molecule has 120 valence electrons. The van der Waals surface area contributed by atoms with Gasteiger partial charge < -0.3 is 20.1 Å². The topological polar surface area (TPSA) is 59.6 Å². The van der Waals surface area contributed by atoms with Crippen LogP contribution >= 0.6 is 0 Å². The lowest BCUT2D eigenvalue weighted by atomic mass is 9.91. The first kappa shape index (κ1) is 16.5. The lowest BCUT2D eigenvalue weighted by Gasteiger charge is -2.34. The van der Waals surface area contributed by atoms with Gasteiger partial charge in [-0.2, -0.15) is 0 Å². The van der Waals surface area contributed by atoms with Crippen molar-refractivity contribution in [3.63, 3.8) is 0 Å². The quantitative estimate of drug-likeness (QED) is 0.752. The summed E-state index contributed by atoms with van der Waals surface area (Å²) in [6.45, 7) is 6.09. The third-order valence-electron chi connectivity index (χ3n) is 3.98. The van der Waals surface area contributed by atoms with Crippen LogP contribution in [0.4, 0.5) is 0 Å². The van der Waals surface area contributed by atoms with E-state index in [0.717, 1.165) is 24.4 Å². The molecule has 1 aliphatic heterocycles. The van der Waals surface area contributed by atoms with Gasteiger partial charge in [0.25, 0.3) is 5.91 Å². The summed E-state index contributed by atoms with van der Waals surface area (Å²) in [7, 11) is 1.60. The average molecular weight is 304 g/mol. The van der Waals surface area contributed by atoms with Gasteiger partial charge in [-0.1, -0.05) is 30.9 Å². The second-order valence-corrected chi connectivity index (χ2v) is 5.34. The molecule has 0 radical (unpaired) electrons. The molecule has 0 aliphatic carbocycles. The SMILES string of the molecule is C=CCOc1ccccc1CNC(=O)C1(OC)CCNCC1. The fourth-order valence-electron chi connectivity index (χ4n) is 2.63. The summed E-state index contributed by atoms with van der Waals surface area (Å²) in [4.78, 5) is 12.5. The largest absolute Gasteiger partial charge is 0.489 e. The van der Waals surface area contributed by atoms with E-state index in [1.165, 1.54) is 0 Å². The highest BCUT2D eigenvalue weighted by Gasteiger charge is 2.39. The molecule has 5 nitrogen and oxygen atoms in total. The Morgan fingerprint density at radius 3 is 2.82 bits per heavy atom. The van der Waals surface area contributed by atoms with Gasteiger partial charge in [-0.05, 0) is 32.0 Å². The normalized spacial score (nSPS) is 16.8. The summed E-state index contributed by atoms with van der Waals surface area (Å²) in [5.41, 5.74) is 0.222. The Balaban J connectivity index is 1.99. The van der Waals surface area contributed by atoms with E-state index in [-0.39, 0.29) is 5.91 Å². The van der Waals surface area contributed by atoms with Crippen molar-refractivity contribution in [2.45, 2.75) is 25.0 Å². The van der Waals surface area contributed by atoms with Crippen LogP contribution in [-0.2, 0) is 16.1 Å². The number of hydrogen-bond donors (Lipinski definition) is 2. The first-order valence-corrected chi connectivity index (χ1v) is 7.57. The van der Waals surface area contributed by atoms with E-state index >= 15 is 0 Å². The average Bonchev–Trinajstić information content (AvgIpc) is 2.59. The molecule has 1 aromatic rings. The van der Waals surface area contributed by atoms with Crippen molar-refractivity contribution in [3.05, 3.63) is 42.5 Å². The second-order valence-electron chi connectivity index (χ2n) is 5.34.